The van der Waals surface area contributed by atoms with Gasteiger partial charge in [-0.15, -0.1) is 0 Å². The smallest absolute Gasteiger partial charge is 0.262 e. The Bertz CT molecular complexity index is 972. The maximum Gasteiger partial charge on any atom is 0.262 e. The highest BCUT2D eigenvalue weighted by Crippen LogP contribution is 2.32. The number of anilines is 1. The molecule has 0 aromatic heterocycles. The molecule has 4 rings (SSSR count). The van der Waals surface area contributed by atoms with E-state index in [1.807, 2.05) is 0 Å². The van der Waals surface area contributed by atoms with E-state index in [1.165, 1.54) is 0 Å². The molecule has 28 heavy (non-hydrogen) atoms. The Morgan fingerprint density at radius 2 is 1.64 bits per heavy atom. The van der Waals surface area contributed by atoms with E-state index >= 15 is 0 Å². The van der Waals surface area contributed by atoms with Crippen molar-refractivity contribution in [2.45, 2.75) is 0 Å². The fourth-order valence-electron chi connectivity index (χ4n) is 2.98. The van der Waals surface area contributed by atoms with Crippen molar-refractivity contribution in [2.24, 2.45) is 0 Å². The monoisotopic (exact) mass is 397 g/mol. The molecule has 2 aromatic rings. The zero-order chi connectivity index (χ0) is 19.7. The molecular weight excluding hydrogens is 382 g/mol. The standard InChI is InChI=1S/C19H15N3O5S/c23-16(10-22-17(24)12-3-1-2-4-13(12)18(22)25)21-19(28)20-11-5-6-14-15(9-11)27-8-7-26-14/h1-6,9H,7-8,10H2,(H2,20,21,23,28). The molecule has 0 fully saturated rings. The second kappa shape index (κ2) is 7.28. The number of hydrogen-bond donors (Lipinski definition) is 2. The number of hydrogen-bond acceptors (Lipinski definition) is 6. The molecule has 2 aliphatic heterocycles. The summed E-state index contributed by atoms with van der Waals surface area (Å²) in [6.07, 6.45) is 0. The third kappa shape index (κ3) is 3.39. The van der Waals surface area contributed by atoms with Crippen LogP contribution in [0.15, 0.2) is 42.5 Å². The Labute approximate surface area is 165 Å². The first-order valence-electron chi connectivity index (χ1n) is 8.48. The summed E-state index contributed by atoms with van der Waals surface area (Å²) in [4.78, 5) is 37.8. The maximum atomic E-state index is 12.3. The highest BCUT2D eigenvalue weighted by atomic mass is 32.1. The van der Waals surface area contributed by atoms with Gasteiger partial charge in [0.05, 0.1) is 11.1 Å². The van der Waals surface area contributed by atoms with Crippen LogP contribution in [0.5, 0.6) is 11.5 Å². The summed E-state index contributed by atoms with van der Waals surface area (Å²) in [5.41, 5.74) is 1.19. The Kier molecular flexibility index (Phi) is 4.66. The van der Waals surface area contributed by atoms with Crippen molar-refractivity contribution in [1.82, 2.24) is 10.2 Å². The number of thiocarbonyl (C=S) groups is 1. The quantitative estimate of drug-likeness (QED) is 0.599. The highest BCUT2D eigenvalue weighted by Gasteiger charge is 2.36. The summed E-state index contributed by atoms with van der Waals surface area (Å²) >= 11 is 5.13. The number of fused-ring (bicyclic) bond motifs is 2. The molecule has 2 N–H and O–H groups in total. The third-order valence-electron chi connectivity index (χ3n) is 4.23. The van der Waals surface area contributed by atoms with Crippen molar-refractivity contribution in [3.63, 3.8) is 0 Å². The summed E-state index contributed by atoms with van der Waals surface area (Å²) in [5.74, 6) is -0.360. The van der Waals surface area contributed by atoms with Crippen LogP contribution in [0.3, 0.4) is 0 Å². The summed E-state index contributed by atoms with van der Waals surface area (Å²) in [6.45, 7) is 0.527. The molecule has 2 heterocycles. The minimum Gasteiger partial charge on any atom is -0.486 e. The Morgan fingerprint density at radius 1 is 1.00 bits per heavy atom. The van der Waals surface area contributed by atoms with Gasteiger partial charge in [-0.2, -0.15) is 0 Å². The van der Waals surface area contributed by atoms with Gasteiger partial charge in [0.25, 0.3) is 11.8 Å². The highest BCUT2D eigenvalue weighted by molar-refractivity contribution is 7.80. The molecule has 0 bridgehead atoms. The van der Waals surface area contributed by atoms with Gasteiger partial charge in [0.15, 0.2) is 16.6 Å². The van der Waals surface area contributed by atoms with Crippen LogP contribution in [-0.4, -0.2) is 47.5 Å². The molecular formula is C19H15N3O5S. The first kappa shape index (κ1) is 17.9. The fourth-order valence-corrected chi connectivity index (χ4v) is 3.21. The van der Waals surface area contributed by atoms with E-state index in [-0.39, 0.29) is 16.2 Å². The molecule has 0 spiro atoms. The van der Waals surface area contributed by atoms with Gasteiger partial charge in [0.1, 0.15) is 19.8 Å². The van der Waals surface area contributed by atoms with Gasteiger partial charge in [-0.3, -0.25) is 19.3 Å². The largest absolute Gasteiger partial charge is 0.486 e. The number of imide groups is 1. The van der Waals surface area contributed by atoms with Crippen molar-refractivity contribution >= 4 is 40.7 Å². The molecule has 8 nitrogen and oxygen atoms in total. The van der Waals surface area contributed by atoms with Gasteiger partial charge < -0.3 is 20.1 Å². The lowest BCUT2D eigenvalue weighted by molar-refractivity contribution is -0.120. The van der Waals surface area contributed by atoms with Crippen molar-refractivity contribution < 1.29 is 23.9 Å². The van der Waals surface area contributed by atoms with Gasteiger partial charge in [-0.25, -0.2) is 0 Å². The van der Waals surface area contributed by atoms with Gasteiger partial charge in [0, 0.05) is 11.8 Å². The van der Waals surface area contributed by atoms with Crippen molar-refractivity contribution in [2.75, 3.05) is 25.1 Å². The molecule has 0 saturated carbocycles. The van der Waals surface area contributed by atoms with Crippen molar-refractivity contribution in [3.8, 4) is 11.5 Å². The van der Waals surface area contributed by atoms with Gasteiger partial charge in [-0.05, 0) is 36.5 Å². The first-order valence-corrected chi connectivity index (χ1v) is 8.89. The maximum absolute atomic E-state index is 12.3. The lowest BCUT2D eigenvalue weighted by Gasteiger charge is -2.19. The predicted octanol–water partition coefficient (Wildman–Crippen LogP) is 1.57. The van der Waals surface area contributed by atoms with Crippen LogP contribution in [0.2, 0.25) is 0 Å². The van der Waals surface area contributed by atoms with E-state index in [0.29, 0.717) is 30.4 Å². The van der Waals surface area contributed by atoms with Crippen molar-refractivity contribution in [1.29, 1.82) is 0 Å². The number of benzene rings is 2. The van der Waals surface area contributed by atoms with Crippen LogP contribution in [0.4, 0.5) is 5.69 Å². The number of carbonyl (C=O) groups excluding carboxylic acids is 3. The average Bonchev–Trinajstić information content (AvgIpc) is 2.93. The van der Waals surface area contributed by atoms with E-state index in [4.69, 9.17) is 21.7 Å². The summed E-state index contributed by atoms with van der Waals surface area (Å²) in [7, 11) is 0. The number of amides is 3. The second-order valence-corrected chi connectivity index (χ2v) is 6.51. The molecule has 0 saturated heterocycles. The summed E-state index contributed by atoms with van der Waals surface area (Å²) in [6, 6.07) is 11.6. The molecule has 0 atom stereocenters. The SMILES string of the molecule is O=C(CN1C(=O)c2ccccc2C1=O)NC(=S)Nc1ccc2c(c1)OCCO2. The Morgan fingerprint density at radius 3 is 2.32 bits per heavy atom. The molecule has 0 unspecified atom stereocenters. The summed E-state index contributed by atoms with van der Waals surface area (Å²) < 4.78 is 10.9. The van der Waals surface area contributed by atoms with Crippen LogP contribution in [0, 0.1) is 0 Å². The van der Waals surface area contributed by atoms with Gasteiger partial charge >= 0.3 is 0 Å². The molecule has 0 aliphatic carbocycles. The number of rotatable bonds is 3. The van der Waals surface area contributed by atoms with E-state index in [2.05, 4.69) is 10.6 Å². The lowest BCUT2D eigenvalue weighted by Crippen LogP contribution is -2.43. The van der Waals surface area contributed by atoms with E-state index in [9.17, 15) is 14.4 Å². The average molecular weight is 397 g/mol. The lowest BCUT2D eigenvalue weighted by atomic mass is 10.1. The molecule has 9 heteroatoms. The molecule has 142 valence electrons. The van der Waals surface area contributed by atoms with E-state index < -0.39 is 24.3 Å². The molecule has 2 aromatic carbocycles. The second-order valence-electron chi connectivity index (χ2n) is 6.10. The number of nitrogens with zero attached hydrogens (tertiary/aromatic N) is 1. The molecule has 2 aliphatic rings. The third-order valence-corrected chi connectivity index (χ3v) is 4.44. The fraction of sp³-hybridized carbons (Fsp3) is 0.158. The van der Waals surface area contributed by atoms with E-state index in [1.54, 1.807) is 42.5 Å². The van der Waals surface area contributed by atoms with Gasteiger partial charge in [-0.1, -0.05) is 12.1 Å². The minimum absolute atomic E-state index is 0.0401. The molecule has 0 radical (unpaired) electrons. The predicted molar refractivity (Wildman–Crippen MR) is 104 cm³/mol. The Hall–Kier alpha value is -3.46. The number of nitrogens with one attached hydrogen (secondary N) is 2. The zero-order valence-electron chi connectivity index (χ0n) is 14.6. The minimum atomic E-state index is -0.579. The van der Waals surface area contributed by atoms with Crippen LogP contribution in [-0.2, 0) is 4.79 Å². The topological polar surface area (TPSA) is 97.0 Å². The number of ether oxygens (including phenoxy) is 2. The van der Waals surface area contributed by atoms with Crippen LogP contribution >= 0.6 is 12.2 Å². The van der Waals surface area contributed by atoms with E-state index in [0.717, 1.165) is 4.90 Å². The van der Waals surface area contributed by atoms with Crippen LogP contribution < -0.4 is 20.1 Å². The zero-order valence-corrected chi connectivity index (χ0v) is 15.4. The van der Waals surface area contributed by atoms with Crippen molar-refractivity contribution in [3.05, 3.63) is 53.6 Å². The first-order chi connectivity index (χ1) is 13.5. The summed E-state index contributed by atoms with van der Waals surface area (Å²) in [5, 5.41) is 5.37. The molecule has 3 amide bonds. The normalized spacial score (nSPS) is 14.5. The van der Waals surface area contributed by atoms with Crippen LogP contribution in [0.25, 0.3) is 0 Å². The van der Waals surface area contributed by atoms with Gasteiger partial charge in [0.2, 0.25) is 5.91 Å². The number of carbonyl (C=O) groups is 3. The Balaban J connectivity index is 1.36. The van der Waals surface area contributed by atoms with Crippen LogP contribution in [0.1, 0.15) is 20.7 Å².